The molecule has 3 rings (SSSR count). The molecule has 0 spiro atoms. The highest BCUT2D eigenvalue weighted by Crippen LogP contribution is 2.24. The Balaban J connectivity index is 1.81. The Morgan fingerprint density at radius 2 is 2.33 bits per heavy atom. The third kappa shape index (κ3) is 2.76. The van der Waals surface area contributed by atoms with Gasteiger partial charge in [-0.1, -0.05) is 12.6 Å². The molecule has 1 amide bonds. The molecule has 21 heavy (non-hydrogen) atoms. The fraction of sp³-hybridized carbons (Fsp3) is 0.125. The van der Waals surface area contributed by atoms with E-state index in [4.69, 9.17) is 4.74 Å². The van der Waals surface area contributed by atoms with Crippen LogP contribution in [0.2, 0.25) is 0 Å². The van der Waals surface area contributed by atoms with Crippen LogP contribution in [0.15, 0.2) is 65.8 Å². The number of carbonyl (C=O) groups excluding carboxylic acids is 1. The van der Waals surface area contributed by atoms with Crippen molar-refractivity contribution < 1.29 is 13.9 Å². The molecule has 1 aromatic rings. The predicted octanol–water partition coefficient (Wildman–Crippen LogP) is 2.10. The molecule has 0 unspecified atom stereocenters. The van der Waals surface area contributed by atoms with E-state index in [9.17, 15) is 9.18 Å². The molecule has 1 aliphatic heterocycles. The van der Waals surface area contributed by atoms with Gasteiger partial charge in [0.2, 0.25) is 11.8 Å². The van der Waals surface area contributed by atoms with Gasteiger partial charge in [0.15, 0.2) is 0 Å². The average molecular weight is 284 g/mol. The molecule has 1 aromatic carbocycles. The number of rotatable bonds is 3. The summed E-state index contributed by atoms with van der Waals surface area (Å²) < 4.78 is 18.9. The molecule has 0 radical (unpaired) electrons. The predicted molar refractivity (Wildman–Crippen MR) is 77.2 cm³/mol. The lowest BCUT2D eigenvalue weighted by molar-refractivity contribution is -0.115. The van der Waals surface area contributed by atoms with Crippen molar-refractivity contribution >= 4 is 11.8 Å². The zero-order valence-corrected chi connectivity index (χ0v) is 11.1. The minimum Gasteiger partial charge on any atom is -0.467 e. The van der Waals surface area contributed by atoms with Crippen molar-refractivity contribution in [1.82, 2.24) is 5.32 Å². The topological polar surface area (TPSA) is 50.7 Å². The second-order valence-corrected chi connectivity index (χ2v) is 4.69. The van der Waals surface area contributed by atoms with E-state index in [0.29, 0.717) is 17.2 Å². The first-order valence-corrected chi connectivity index (χ1v) is 6.49. The van der Waals surface area contributed by atoms with E-state index in [0.717, 1.165) is 0 Å². The Labute approximate surface area is 121 Å². The van der Waals surface area contributed by atoms with E-state index in [1.165, 1.54) is 18.2 Å². The standard InChI is InChI=1S/C16H13FN2O2/c1-2-15(20)18-12-6-7-14-13(9-12)19-16(21-14)10-4-3-5-11(17)8-10/h2-9,13-14H,1H2,(H,18,20)/t13-,14+/m0/s1. The summed E-state index contributed by atoms with van der Waals surface area (Å²) in [5.74, 6) is -0.210. The van der Waals surface area contributed by atoms with E-state index in [1.807, 2.05) is 6.08 Å². The van der Waals surface area contributed by atoms with Gasteiger partial charge in [-0.3, -0.25) is 4.79 Å². The quantitative estimate of drug-likeness (QED) is 0.864. The Morgan fingerprint density at radius 1 is 1.48 bits per heavy atom. The van der Waals surface area contributed by atoms with Crippen LogP contribution in [0.25, 0.3) is 0 Å². The van der Waals surface area contributed by atoms with Crippen molar-refractivity contribution in [3.05, 3.63) is 72.2 Å². The van der Waals surface area contributed by atoms with Crippen LogP contribution in [0.4, 0.5) is 4.39 Å². The molecule has 106 valence electrons. The summed E-state index contributed by atoms with van der Waals surface area (Å²) in [5.41, 5.74) is 1.25. The molecule has 5 heteroatoms. The number of carbonyl (C=O) groups is 1. The molecule has 4 nitrogen and oxygen atoms in total. The molecule has 1 heterocycles. The third-order valence-corrected chi connectivity index (χ3v) is 3.19. The number of hydrogen-bond acceptors (Lipinski definition) is 3. The van der Waals surface area contributed by atoms with Crippen LogP contribution in [0.3, 0.4) is 0 Å². The lowest BCUT2D eigenvalue weighted by atomic mass is 10.1. The number of allylic oxidation sites excluding steroid dienone is 1. The highest BCUT2D eigenvalue weighted by molar-refractivity contribution is 5.96. The summed E-state index contributed by atoms with van der Waals surface area (Å²) in [5, 5.41) is 2.68. The summed E-state index contributed by atoms with van der Waals surface area (Å²) >= 11 is 0. The molecule has 1 N–H and O–H groups in total. The molecule has 0 saturated carbocycles. The van der Waals surface area contributed by atoms with Gasteiger partial charge >= 0.3 is 0 Å². The molecular formula is C16H13FN2O2. The number of ether oxygens (including phenoxy) is 1. The van der Waals surface area contributed by atoms with Gasteiger partial charge in [0.05, 0.1) is 0 Å². The van der Waals surface area contributed by atoms with Gasteiger partial charge in [-0.05, 0) is 42.5 Å². The minimum atomic E-state index is -0.335. The van der Waals surface area contributed by atoms with Crippen molar-refractivity contribution in [1.29, 1.82) is 0 Å². The number of hydrogen-bond donors (Lipinski definition) is 1. The number of amides is 1. The Kier molecular flexibility index (Phi) is 3.39. The van der Waals surface area contributed by atoms with E-state index in [-0.39, 0.29) is 23.9 Å². The summed E-state index contributed by atoms with van der Waals surface area (Å²) in [6.07, 6.45) is 6.35. The highest BCUT2D eigenvalue weighted by atomic mass is 19.1. The smallest absolute Gasteiger partial charge is 0.247 e. The summed E-state index contributed by atoms with van der Waals surface area (Å²) in [7, 11) is 0. The second kappa shape index (κ2) is 5.36. The maximum Gasteiger partial charge on any atom is 0.247 e. The van der Waals surface area contributed by atoms with Crippen LogP contribution >= 0.6 is 0 Å². The Hall–Kier alpha value is -2.69. The molecule has 1 aliphatic carbocycles. The normalized spacial score (nSPS) is 22.7. The number of nitrogens with zero attached hydrogens (tertiary/aromatic N) is 1. The van der Waals surface area contributed by atoms with E-state index in [2.05, 4.69) is 16.9 Å². The van der Waals surface area contributed by atoms with Crippen LogP contribution in [-0.4, -0.2) is 24.0 Å². The van der Waals surface area contributed by atoms with E-state index in [1.54, 1.807) is 24.3 Å². The maximum atomic E-state index is 13.2. The van der Waals surface area contributed by atoms with Crippen molar-refractivity contribution in [2.45, 2.75) is 12.1 Å². The number of nitrogens with one attached hydrogen (secondary N) is 1. The van der Waals surface area contributed by atoms with Crippen LogP contribution in [0, 0.1) is 5.82 Å². The lowest BCUT2D eigenvalue weighted by Gasteiger charge is -2.16. The molecule has 0 fully saturated rings. The van der Waals surface area contributed by atoms with Crippen LogP contribution in [0.5, 0.6) is 0 Å². The molecular weight excluding hydrogens is 271 g/mol. The summed E-state index contributed by atoms with van der Waals surface area (Å²) in [6, 6.07) is 5.87. The zero-order valence-electron chi connectivity index (χ0n) is 11.1. The number of benzene rings is 1. The molecule has 2 aliphatic rings. The number of aliphatic imine (C=N–C) groups is 1. The Morgan fingerprint density at radius 3 is 3.10 bits per heavy atom. The van der Waals surface area contributed by atoms with E-state index < -0.39 is 0 Å². The third-order valence-electron chi connectivity index (χ3n) is 3.19. The molecule has 0 saturated heterocycles. The molecule has 2 atom stereocenters. The van der Waals surface area contributed by atoms with Gasteiger partial charge < -0.3 is 10.1 Å². The van der Waals surface area contributed by atoms with Gasteiger partial charge in [-0.15, -0.1) is 0 Å². The first kappa shape index (κ1) is 13.3. The fourth-order valence-corrected chi connectivity index (χ4v) is 2.20. The van der Waals surface area contributed by atoms with Crippen molar-refractivity contribution in [3.8, 4) is 0 Å². The zero-order chi connectivity index (χ0) is 14.8. The van der Waals surface area contributed by atoms with Crippen LogP contribution in [0.1, 0.15) is 5.56 Å². The van der Waals surface area contributed by atoms with Gasteiger partial charge in [0.1, 0.15) is 18.0 Å². The van der Waals surface area contributed by atoms with Crippen LogP contribution in [-0.2, 0) is 9.53 Å². The van der Waals surface area contributed by atoms with Gasteiger partial charge in [0, 0.05) is 11.3 Å². The molecule has 0 aromatic heterocycles. The summed E-state index contributed by atoms with van der Waals surface area (Å²) in [6.45, 7) is 3.40. The Bertz CT molecular complexity index is 691. The average Bonchev–Trinajstić information content (AvgIpc) is 2.90. The van der Waals surface area contributed by atoms with Gasteiger partial charge in [-0.25, -0.2) is 9.38 Å². The van der Waals surface area contributed by atoms with Crippen molar-refractivity contribution in [2.24, 2.45) is 4.99 Å². The minimum absolute atomic E-state index is 0.228. The lowest BCUT2D eigenvalue weighted by Crippen LogP contribution is -2.27. The van der Waals surface area contributed by atoms with E-state index >= 15 is 0 Å². The monoisotopic (exact) mass is 284 g/mol. The second-order valence-electron chi connectivity index (χ2n) is 4.69. The molecule has 0 bridgehead atoms. The largest absolute Gasteiger partial charge is 0.467 e. The first-order valence-electron chi connectivity index (χ1n) is 6.49. The maximum absolute atomic E-state index is 13.2. The number of fused-ring (bicyclic) bond motifs is 1. The summed E-state index contributed by atoms with van der Waals surface area (Å²) in [4.78, 5) is 15.7. The highest BCUT2D eigenvalue weighted by Gasteiger charge is 2.30. The van der Waals surface area contributed by atoms with Crippen LogP contribution < -0.4 is 5.32 Å². The van der Waals surface area contributed by atoms with Crippen molar-refractivity contribution in [3.63, 3.8) is 0 Å². The van der Waals surface area contributed by atoms with Gasteiger partial charge in [-0.2, -0.15) is 0 Å². The van der Waals surface area contributed by atoms with Crippen molar-refractivity contribution in [2.75, 3.05) is 0 Å². The van der Waals surface area contributed by atoms with Gasteiger partial charge in [0.25, 0.3) is 0 Å². The fourth-order valence-electron chi connectivity index (χ4n) is 2.20. The number of halogens is 1. The SMILES string of the molecule is C=CC(=O)NC1=C[C@@H]2N=C(c3cccc(F)c3)O[C@@H]2C=C1. The first-order chi connectivity index (χ1) is 10.2.